The van der Waals surface area contributed by atoms with E-state index in [9.17, 15) is 9.59 Å². The molecule has 0 aliphatic carbocycles. The van der Waals surface area contributed by atoms with Gasteiger partial charge in [0, 0.05) is 19.6 Å². The van der Waals surface area contributed by atoms with Crippen molar-refractivity contribution in [3.05, 3.63) is 10.5 Å². The van der Waals surface area contributed by atoms with Crippen LogP contribution >= 0.6 is 11.8 Å². The normalized spacial score (nSPS) is 18.1. The summed E-state index contributed by atoms with van der Waals surface area (Å²) in [6.45, 7) is 5.73. The van der Waals surface area contributed by atoms with Crippen LogP contribution in [0.3, 0.4) is 0 Å². The van der Waals surface area contributed by atoms with Crippen LogP contribution in [0.2, 0.25) is 0 Å². The van der Waals surface area contributed by atoms with E-state index >= 15 is 0 Å². The molecule has 1 aromatic heterocycles. The van der Waals surface area contributed by atoms with Crippen LogP contribution in [0.4, 0.5) is 0 Å². The van der Waals surface area contributed by atoms with Crippen molar-refractivity contribution in [1.82, 2.24) is 19.7 Å². The van der Waals surface area contributed by atoms with Crippen LogP contribution < -0.4 is 5.69 Å². The highest BCUT2D eigenvalue weighted by Crippen LogP contribution is 2.17. The number of nitrogens with zero attached hydrogens (tertiary/aromatic N) is 3. The number of H-pyrrole nitrogens is 1. The molecule has 1 fully saturated rings. The molecule has 2 rings (SSSR count). The second-order valence-corrected chi connectivity index (χ2v) is 5.57. The zero-order chi connectivity index (χ0) is 14.5. The van der Waals surface area contributed by atoms with Crippen molar-refractivity contribution in [3.63, 3.8) is 0 Å². The fourth-order valence-electron chi connectivity index (χ4n) is 2.15. The maximum Gasteiger partial charge on any atom is 0.344 e. The van der Waals surface area contributed by atoms with Crippen LogP contribution in [0.15, 0.2) is 9.95 Å². The summed E-state index contributed by atoms with van der Waals surface area (Å²) in [5, 5.41) is 15.4. The molecule has 0 amide bonds. The second kappa shape index (κ2) is 6.91. The predicted octanol–water partition coefficient (Wildman–Crippen LogP) is -0.359. The summed E-state index contributed by atoms with van der Waals surface area (Å²) >= 11 is 1.04. The number of rotatable bonds is 6. The van der Waals surface area contributed by atoms with Crippen molar-refractivity contribution in [2.45, 2.75) is 18.1 Å². The van der Waals surface area contributed by atoms with Crippen LogP contribution in [0.5, 0.6) is 0 Å². The molecule has 1 aliphatic rings. The number of hydrogen-bond donors (Lipinski definition) is 2. The summed E-state index contributed by atoms with van der Waals surface area (Å²) in [5.74, 6) is -1.05. The van der Waals surface area contributed by atoms with Gasteiger partial charge in [-0.2, -0.15) is 0 Å². The number of carboxylic acid groups (broad SMARTS) is 1. The molecule has 1 aromatic rings. The number of aromatic amines is 1. The van der Waals surface area contributed by atoms with E-state index in [2.05, 4.69) is 15.1 Å². The number of nitrogens with one attached hydrogen (secondary N) is 1. The summed E-state index contributed by atoms with van der Waals surface area (Å²) in [6.07, 6.45) is 0. The lowest BCUT2D eigenvalue weighted by atomic mass is 10.3. The monoisotopic (exact) mass is 302 g/mol. The van der Waals surface area contributed by atoms with E-state index in [1.54, 1.807) is 0 Å². The van der Waals surface area contributed by atoms with Gasteiger partial charge in [0.05, 0.1) is 25.0 Å². The number of carbonyl (C=O) groups is 1. The minimum atomic E-state index is -0.933. The average Bonchev–Trinajstić information content (AvgIpc) is 2.78. The molecule has 20 heavy (non-hydrogen) atoms. The zero-order valence-electron chi connectivity index (χ0n) is 11.2. The van der Waals surface area contributed by atoms with Gasteiger partial charge in [-0.3, -0.25) is 14.3 Å². The van der Waals surface area contributed by atoms with Crippen LogP contribution in [0, 0.1) is 0 Å². The number of hydrogen-bond acceptors (Lipinski definition) is 6. The Labute approximate surface area is 120 Å². The Hall–Kier alpha value is -1.32. The van der Waals surface area contributed by atoms with Gasteiger partial charge < -0.3 is 9.84 Å². The molecule has 0 bridgehead atoms. The molecule has 1 saturated heterocycles. The molecule has 0 saturated carbocycles. The van der Waals surface area contributed by atoms with Gasteiger partial charge in [0.25, 0.3) is 0 Å². The first kappa shape index (κ1) is 15.1. The van der Waals surface area contributed by atoms with E-state index in [4.69, 9.17) is 9.84 Å². The Balaban J connectivity index is 2.03. The van der Waals surface area contributed by atoms with Gasteiger partial charge in [-0.25, -0.2) is 9.89 Å². The molecule has 0 aromatic carbocycles. The van der Waals surface area contributed by atoms with Crippen LogP contribution in [-0.2, 0) is 9.53 Å². The molecule has 1 unspecified atom stereocenters. The molecule has 1 atom stereocenters. The van der Waals surface area contributed by atoms with Crippen LogP contribution in [0.25, 0.3) is 0 Å². The van der Waals surface area contributed by atoms with E-state index < -0.39 is 5.97 Å². The lowest BCUT2D eigenvalue weighted by Gasteiger charge is -2.29. The number of ether oxygens (including phenoxy) is 1. The minimum Gasteiger partial charge on any atom is -0.481 e. The van der Waals surface area contributed by atoms with Crippen molar-refractivity contribution in [1.29, 1.82) is 0 Å². The van der Waals surface area contributed by atoms with Gasteiger partial charge in [-0.05, 0) is 6.92 Å². The largest absolute Gasteiger partial charge is 0.481 e. The molecule has 112 valence electrons. The first-order chi connectivity index (χ1) is 9.58. The Kier molecular flexibility index (Phi) is 5.21. The molecule has 8 nitrogen and oxygen atoms in total. The van der Waals surface area contributed by atoms with Gasteiger partial charge in [0.1, 0.15) is 0 Å². The van der Waals surface area contributed by atoms with E-state index in [0.29, 0.717) is 24.9 Å². The van der Waals surface area contributed by atoms with Crippen molar-refractivity contribution >= 4 is 17.7 Å². The Morgan fingerprint density at radius 2 is 2.25 bits per heavy atom. The fourth-order valence-corrected chi connectivity index (χ4v) is 2.91. The fraction of sp³-hybridized carbons (Fsp3) is 0.727. The standard InChI is InChI=1S/C11H18N4O4S/c1-8(6-14-2-4-19-5-3-14)15-10(18)12-13-11(15)20-7-9(16)17/h8H,2-7H2,1H3,(H,12,18)(H,16,17). The minimum absolute atomic E-state index is 0.0735. The molecular formula is C11H18N4O4S. The lowest BCUT2D eigenvalue weighted by molar-refractivity contribution is -0.133. The zero-order valence-corrected chi connectivity index (χ0v) is 12.1. The summed E-state index contributed by atoms with van der Waals surface area (Å²) in [6, 6.07) is -0.0735. The molecule has 2 heterocycles. The first-order valence-corrected chi connectivity index (χ1v) is 7.38. The summed E-state index contributed by atoms with van der Waals surface area (Å²) < 4.78 is 6.80. The van der Waals surface area contributed by atoms with Crippen molar-refractivity contribution < 1.29 is 14.6 Å². The smallest absolute Gasteiger partial charge is 0.344 e. The predicted molar refractivity (Wildman–Crippen MR) is 73.2 cm³/mol. The second-order valence-electron chi connectivity index (χ2n) is 4.63. The first-order valence-electron chi connectivity index (χ1n) is 6.39. The van der Waals surface area contributed by atoms with E-state index in [1.807, 2.05) is 6.92 Å². The van der Waals surface area contributed by atoms with Gasteiger partial charge in [0.15, 0.2) is 5.16 Å². The molecule has 2 N–H and O–H groups in total. The van der Waals surface area contributed by atoms with Crippen LogP contribution in [-0.4, -0.2) is 69.3 Å². The molecule has 0 radical (unpaired) electrons. The van der Waals surface area contributed by atoms with Gasteiger partial charge >= 0.3 is 11.7 Å². The van der Waals surface area contributed by atoms with Crippen molar-refractivity contribution in [2.75, 3.05) is 38.6 Å². The average molecular weight is 302 g/mol. The maximum absolute atomic E-state index is 11.8. The molecular weight excluding hydrogens is 284 g/mol. The van der Waals surface area contributed by atoms with Crippen molar-refractivity contribution in [2.24, 2.45) is 0 Å². The van der Waals surface area contributed by atoms with Gasteiger partial charge in [0.2, 0.25) is 0 Å². The van der Waals surface area contributed by atoms with Gasteiger partial charge in [-0.1, -0.05) is 11.8 Å². The third-order valence-electron chi connectivity index (χ3n) is 3.06. The SMILES string of the molecule is CC(CN1CCOCC1)n1c(SCC(=O)O)n[nH]c1=O. The highest BCUT2D eigenvalue weighted by Gasteiger charge is 2.20. The highest BCUT2D eigenvalue weighted by atomic mass is 32.2. The van der Waals surface area contributed by atoms with E-state index in [1.165, 1.54) is 4.57 Å². The third-order valence-corrected chi connectivity index (χ3v) is 4.00. The van der Waals surface area contributed by atoms with Crippen LogP contribution in [0.1, 0.15) is 13.0 Å². The molecule has 1 aliphatic heterocycles. The number of aliphatic carboxylic acids is 1. The van der Waals surface area contributed by atoms with Crippen molar-refractivity contribution in [3.8, 4) is 0 Å². The third kappa shape index (κ3) is 3.84. The highest BCUT2D eigenvalue weighted by molar-refractivity contribution is 7.99. The van der Waals surface area contributed by atoms with E-state index in [0.717, 1.165) is 24.9 Å². The van der Waals surface area contributed by atoms with Gasteiger partial charge in [-0.15, -0.1) is 5.10 Å². The van der Waals surface area contributed by atoms with E-state index in [-0.39, 0.29) is 17.5 Å². The number of thioether (sulfide) groups is 1. The molecule has 0 spiro atoms. The maximum atomic E-state index is 11.8. The summed E-state index contributed by atoms with van der Waals surface area (Å²) in [4.78, 5) is 24.6. The number of aromatic nitrogens is 3. The lowest BCUT2D eigenvalue weighted by Crippen LogP contribution is -2.40. The topological polar surface area (TPSA) is 100 Å². The number of carboxylic acids is 1. The summed E-state index contributed by atoms with van der Waals surface area (Å²) in [7, 11) is 0. The Bertz CT molecular complexity index is 509. The number of morpholine rings is 1. The Morgan fingerprint density at radius 3 is 2.90 bits per heavy atom. The quantitative estimate of drug-likeness (QED) is 0.692. The summed E-state index contributed by atoms with van der Waals surface area (Å²) in [5.41, 5.74) is -0.307. The molecule has 9 heteroatoms. The Morgan fingerprint density at radius 1 is 1.55 bits per heavy atom.